The van der Waals surface area contributed by atoms with Crippen molar-refractivity contribution in [3.8, 4) is 0 Å². The molecule has 0 spiro atoms. The van der Waals surface area contributed by atoms with Crippen LogP contribution in [0.3, 0.4) is 0 Å². The smallest absolute Gasteiger partial charge is 0.289 e. The van der Waals surface area contributed by atoms with Gasteiger partial charge in [0.15, 0.2) is 0 Å². The summed E-state index contributed by atoms with van der Waals surface area (Å²) in [5, 5.41) is 5.28. The second-order valence-corrected chi connectivity index (χ2v) is 5.48. The molecule has 1 aliphatic heterocycles. The highest BCUT2D eigenvalue weighted by molar-refractivity contribution is 6.44. The van der Waals surface area contributed by atoms with Crippen LogP contribution in [-0.4, -0.2) is 17.6 Å². The third-order valence-electron chi connectivity index (χ3n) is 3.93. The van der Waals surface area contributed by atoms with E-state index in [4.69, 9.17) is 0 Å². The molecule has 2 aromatic carbocycles. The van der Waals surface area contributed by atoms with Gasteiger partial charge in [-0.2, -0.15) is 0 Å². The van der Waals surface area contributed by atoms with Crippen LogP contribution >= 0.6 is 0 Å². The Hall–Kier alpha value is -2.95. The van der Waals surface area contributed by atoms with Crippen molar-refractivity contribution >= 4 is 23.3 Å². The summed E-state index contributed by atoms with van der Waals surface area (Å²) in [5.41, 5.74) is 2.02. The molecule has 1 heterocycles. The summed E-state index contributed by atoms with van der Waals surface area (Å²) >= 11 is 0. The molecule has 0 bridgehead atoms. The third kappa shape index (κ3) is 2.85. The molecule has 2 amide bonds. The van der Waals surface area contributed by atoms with Crippen molar-refractivity contribution in [2.24, 2.45) is 0 Å². The SMILES string of the molecule is C[C@@H](NC(=O)C(=O)[C@@H]1C(=O)Nc2ccccc21)c1ccccc1. The van der Waals surface area contributed by atoms with E-state index in [2.05, 4.69) is 10.6 Å². The summed E-state index contributed by atoms with van der Waals surface area (Å²) in [6, 6.07) is 15.9. The second-order valence-electron chi connectivity index (χ2n) is 5.48. The molecular formula is C18H16N2O3. The number of hydrogen-bond acceptors (Lipinski definition) is 3. The third-order valence-corrected chi connectivity index (χ3v) is 3.93. The minimum atomic E-state index is -1.07. The predicted molar refractivity (Wildman–Crippen MR) is 85.8 cm³/mol. The molecule has 2 aromatic rings. The molecule has 0 aromatic heterocycles. The normalized spacial score (nSPS) is 17.1. The first-order valence-corrected chi connectivity index (χ1v) is 7.37. The van der Waals surface area contributed by atoms with Crippen LogP contribution in [-0.2, 0) is 14.4 Å². The fourth-order valence-corrected chi connectivity index (χ4v) is 2.69. The van der Waals surface area contributed by atoms with E-state index in [9.17, 15) is 14.4 Å². The Balaban J connectivity index is 1.76. The molecule has 3 rings (SSSR count). The summed E-state index contributed by atoms with van der Waals surface area (Å²) in [6.07, 6.45) is 0. The van der Waals surface area contributed by atoms with E-state index in [1.54, 1.807) is 31.2 Å². The Morgan fingerprint density at radius 3 is 2.43 bits per heavy atom. The molecule has 5 nitrogen and oxygen atoms in total. The van der Waals surface area contributed by atoms with Gasteiger partial charge in [-0.25, -0.2) is 0 Å². The van der Waals surface area contributed by atoms with Gasteiger partial charge in [0.1, 0.15) is 5.92 Å². The molecule has 5 heteroatoms. The van der Waals surface area contributed by atoms with Crippen molar-refractivity contribution in [1.82, 2.24) is 5.32 Å². The highest BCUT2D eigenvalue weighted by Crippen LogP contribution is 2.32. The highest BCUT2D eigenvalue weighted by Gasteiger charge is 2.39. The van der Waals surface area contributed by atoms with Crippen molar-refractivity contribution in [1.29, 1.82) is 0 Å². The zero-order valence-electron chi connectivity index (χ0n) is 12.6. The van der Waals surface area contributed by atoms with E-state index in [1.165, 1.54) is 0 Å². The van der Waals surface area contributed by atoms with Gasteiger partial charge in [-0.3, -0.25) is 14.4 Å². The lowest BCUT2D eigenvalue weighted by molar-refractivity contribution is -0.141. The monoisotopic (exact) mass is 308 g/mol. The first-order valence-electron chi connectivity index (χ1n) is 7.37. The zero-order chi connectivity index (χ0) is 16.4. The number of hydrogen-bond donors (Lipinski definition) is 2. The largest absolute Gasteiger partial charge is 0.343 e. The van der Waals surface area contributed by atoms with Gasteiger partial charge in [0.25, 0.3) is 5.91 Å². The molecule has 2 atom stereocenters. The molecule has 0 radical (unpaired) electrons. The van der Waals surface area contributed by atoms with Gasteiger partial charge in [0, 0.05) is 5.69 Å². The number of Topliss-reactive ketones (excluding diaryl/α,β-unsaturated/α-hetero) is 1. The average molecular weight is 308 g/mol. The zero-order valence-corrected chi connectivity index (χ0v) is 12.6. The van der Waals surface area contributed by atoms with Crippen molar-refractivity contribution in [2.75, 3.05) is 5.32 Å². The maximum Gasteiger partial charge on any atom is 0.289 e. The Bertz CT molecular complexity index is 771. The van der Waals surface area contributed by atoms with Gasteiger partial charge < -0.3 is 10.6 Å². The van der Waals surface area contributed by atoms with E-state index in [-0.39, 0.29) is 6.04 Å². The molecule has 0 unspecified atom stereocenters. The fourth-order valence-electron chi connectivity index (χ4n) is 2.69. The van der Waals surface area contributed by atoms with Gasteiger partial charge in [0.2, 0.25) is 11.7 Å². The van der Waals surface area contributed by atoms with Gasteiger partial charge in [-0.15, -0.1) is 0 Å². The van der Waals surface area contributed by atoms with Crippen molar-refractivity contribution in [2.45, 2.75) is 18.9 Å². The molecular weight excluding hydrogens is 292 g/mol. The Morgan fingerprint density at radius 1 is 1.04 bits per heavy atom. The minimum absolute atomic E-state index is 0.313. The first-order chi connectivity index (χ1) is 11.1. The Labute approximate surface area is 133 Å². The van der Waals surface area contributed by atoms with Crippen molar-refractivity contribution < 1.29 is 14.4 Å². The van der Waals surface area contributed by atoms with E-state index in [0.29, 0.717) is 11.3 Å². The lowest BCUT2D eigenvalue weighted by atomic mass is 9.95. The fraction of sp³-hybridized carbons (Fsp3) is 0.167. The van der Waals surface area contributed by atoms with Crippen LogP contribution in [0.4, 0.5) is 5.69 Å². The lowest BCUT2D eigenvalue weighted by Crippen LogP contribution is -2.38. The van der Waals surface area contributed by atoms with E-state index < -0.39 is 23.5 Å². The van der Waals surface area contributed by atoms with Gasteiger partial charge in [-0.1, -0.05) is 48.5 Å². The van der Waals surface area contributed by atoms with Crippen LogP contribution in [0.5, 0.6) is 0 Å². The van der Waals surface area contributed by atoms with Crippen LogP contribution in [0.1, 0.15) is 30.0 Å². The average Bonchev–Trinajstić information content (AvgIpc) is 2.90. The van der Waals surface area contributed by atoms with Crippen molar-refractivity contribution in [3.63, 3.8) is 0 Å². The number of para-hydroxylation sites is 1. The van der Waals surface area contributed by atoms with Crippen molar-refractivity contribution in [3.05, 3.63) is 65.7 Å². The molecule has 1 aliphatic rings. The summed E-state index contributed by atoms with van der Waals surface area (Å²) in [7, 11) is 0. The number of amides is 2. The van der Waals surface area contributed by atoms with Gasteiger partial charge in [-0.05, 0) is 24.1 Å². The summed E-state index contributed by atoms with van der Waals surface area (Å²) in [4.78, 5) is 36.7. The molecule has 0 aliphatic carbocycles. The van der Waals surface area contributed by atoms with Crippen LogP contribution in [0.2, 0.25) is 0 Å². The topological polar surface area (TPSA) is 75.3 Å². The van der Waals surface area contributed by atoms with Crippen LogP contribution in [0.25, 0.3) is 0 Å². The first kappa shape index (κ1) is 15.0. The number of anilines is 1. The predicted octanol–water partition coefficient (Wildman–Crippen LogP) is 2.17. The number of benzene rings is 2. The van der Waals surface area contributed by atoms with Crippen LogP contribution in [0.15, 0.2) is 54.6 Å². The number of carbonyl (C=O) groups is 3. The van der Waals surface area contributed by atoms with Crippen LogP contribution in [0, 0.1) is 0 Å². The number of rotatable bonds is 4. The van der Waals surface area contributed by atoms with Gasteiger partial charge in [0.05, 0.1) is 6.04 Å². The quantitative estimate of drug-likeness (QED) is 0.671. The molecule has 116 valence electrons. The number of ketones is 1. The summed E-state index contributed by atoms with van der Waals surface area (Å²) in [6.45, 7) is 1.79. The lowest BCUT2D eigenvalue weighted by Gasteiger charge is -2.15. The summed E-state index contributed by atoms with van der Waals surface area (Å²) < 4.78 is 0. The van der Waals surface area contributed by atoms with E-state index in [0.717, 1.165) is 5.56 Å². The molecule has 0 saturated heterocycles. The van der Waals surface area contributed by atoms with E-state index in [1.807, 2.05) is 30.3 Å². The van der Waals surface area contributed by atoms with Gasteiger partial charge >= 0.3 is 0 Å². The molecule has 0 saturated carbocycles. The number of fused-ring (bicyclic) bond motifs is 1. The van der Waals surface area contributed by atoms with Crippen LogP contribution < -0.4 is 10.6 Å². The Kier molecular flexibility index (Phi) is 3.93. The maximum absolute atomic E-state index is 12.4. The summed E-state index contributed by atoms with van der Waals surface area (Å²) in [5.74, 6) is -3.03. The maximum atomic E-state index is 12.4. The van der Waals surface area contributed by atoms with E-state index >= 15 is 0 Å². The number of nitrogens with one attached hydrogen (secondary N) is 2. The molecule has 0 fully saturated rings. The molecule has 23 heavy (non-hydrogen) atoms. The number of carbonyl (C=O) groups excluding carboxylic acids is 3. The minimum Gasteiger partial charge on any atom is -0.343 e. The molecule has 2 N–H and O–H groups in total. The second kappa shape index (κ2) is 6.04. The Morgan fingerprint density at radius 2 is 1.70 bits per heavy atom. The highest BCUT2D eigenvalue weighted by atomic mass is 16.2. The standard InChI is InChI=1S/C18H16N2O3/c1-11(12-7-3-2-4-8-12)19-18(23)16(21)15-13-9-5-6-10-14(13)20-17(15)22/h2-11,15H,1H3,(H,19,23)(H,20,22)/t11-,15-/m1/s1.